The van der Waals surface area contributed by atoms with E-state index in [1.807, 2.05) is 13.0 Å². The molecule has 1 heterocycles. The van der Waals surface area contributed by atoms with E-state index >= 15 is 0 Å². The molecule has 0 saturated carbocycles. The Morgan fingerprint density at radius 3 is 2.29 bits per heavy atom. The van der Waals surface area contributed by atoms with Crippen LogP contribution in [0.5, 0.6) is 0 Å². The Bertz CT molecular complexity index is 988. The van der Waals surface area contributed by atoms with Crippen molar-refractivity contribution in [2.45, 2.75) is 49.3 Å². The van der Waals surface area contributed by atoms with Crippen molar-refractivity contribution in [3.63, 3.8) is 0 Å². The molecule has 1 aliphatic heterocycles. The van der Waals surface area contributed by atoms with Crippen molar-refractivity contribution in [2.24, 2.45) is 0 Å². The molecule has 28 heavy (non-hydrogen) atoms. The molecule has 1 saturated heterocycles. The Labute approximate surface area is 167 Å². The second kappa shape index (κ2) is 8.63. The maximum atomic E-state index is 13.0. The molecule has 2 aromatic carbocycles. The highest BCUT2D eigenvalue weighted by atomic mass is 32.2. The van der Waals surface area contributed by atoms with Crippen LogP contribution in [0, 0.1) is 0 Å². The molecule has 0 bridgehead atoms. The second-order valence-electron chi connectivity index (χ2n) is 7.04. The summed E-state index contributed by atoms with van der Waals surface area (Å²) in [5, 5.41) is 0. The highest BCUT2D eigenvalue weighted by molar-refractivity contribution is 7.92. The second-order valence-corrected chi connectivity index (χ2v) is 10.7. The highest BCUT2D eigenvalue weighted by Gasteiger charge is 2.32. The predicted molar refractivity (Wildman–Crippen MR) is 111 cm³/mol. The van der Waals surface area contributed by atoms with E-state index in [0.29, 0.717) is 17.8 Å². The van der Waals surface area contributed by atoms with E-state index in [0.717, 1.165) is 25.7 Å². The van der Waals surface area contributed by atoms with Gasteiger partial charge in [-0.2, -0.15) is 4.31 Å². The number of hydrogen-bond acceptors (Lipinski definition) is 4. The summed E-state index contributed by atoms with van der Waals surface area (Å²) in [4.78, 5) is 0.193. The first kappa shape index (κ1) is 20.8. The van der Waals surface area contributed by atoms with Gasteiger partial charge in [0.2, 0.25) is 20.0 Å². The molecule has 0 aliphatic carbocycles. The zero-order valence-electron chi connectivity index (χ0n) is 15.9. The lowest BCUT2D eigenvalue weighted by Gasteiger charge is -2.34. The number of sulfonamides is 2. The van der Waals surface area contributed by atoms with E-state index in [4.69, 9.17) is 0 Å². The zero-order valence-corrected chi connectivity index (χ0v) is 17.5. The normalized spacial score (nSPS) is 18.7. The minimum Gasteiger partial charge on any atom is -0.283 e. The van der Waals surface area contributed by atoms with Crippen molar-refractivity contribution in [2.75, 3.05) is 11.3 Å². The van der Waals surface area contributed by atoms with Gasteiger partial charge in [-0.05, 0) is 49.1 Å². The molecule has 1 aliphatic rings. The Morgan fingerprint density at radius 1 is 0.964 bits per heavy atom. The maximum Gasteiger partial charge on any atom is 0.243 e. The van der Waals surface area contributed by atoms with Crippen LogP contribution in [0.4, 0.5) is 5.69 Å². The SMILES string of the molecule is CC[C@@H]1CCCCN1S(=O)(=O)c1ccc(NS(=O)(=O)Cc2ccccc2)cc1. The van der Waals surface area contributed by atoms with Crippen LogP contribution >= 0.6 is 0 Å². The summed E-state index contributed by atoms with van der Waals surface area (Å²) >= 11 is 0. The number of rotatable bonds is 7. The van der Waals surface area contributed by atoms with Crippen LogP contribution in [0.15, 0.2) is 59.5 Å². The van der Waals surface area contributed by atoms with E-state index in [1.54, 1.807) is 28.6 Å². The fraction of sp³-hybridized carbons (Fsp3) is 0.400. The van der Waals surface area contributed by atoms with Gasteiger partial charge in [-0.25, -0.2) is 16.8 Å². The van der Waals surface area contributed by atoms with E-state index in [1.165, 1.54) is 24.3 Å². The third-order valence-corrected chi connectivity index (χ3v) is 8.20. The van der Waals surface area contributed by atoms with Gasteiger partial charge in [0, 0.05) is 18.3 Å². The molecule has 0 aromatic heterocycles. The van der Waals surface area contributed by atoms with Crippen LogP contribution in [0.3, 0.4) is 0 Å². The van der Waals surface area contributed by atoms with Gasteiger partial charge in [-0.15, -0.1) is 0 Å². The fourth-order valence-electron chi connectivity index (χ4n) is 3.54. The summed E-state index contributed by atoms with van der Waals surface area (Å²) in [6.07, 6.45) is 3.59. The van der Waals surface area contributed by atoms with Gasteiger partial charge in [0.05, 0.1) is 10.6 Å². The Kier molecular flexibility index (Phi) is 6.42. The number of nitrogens with one attached hydrogen (secondary N) is 1. The maximum absolute atomic E-state index is 13.0. The Morgan fingerprint density at radius 2 is 1.64 bits per heavy atom. The van der Waals surface area contributed by atoms with Gasteiger partial charge in [0.15, 0.2) is 0 Å². The summed E-state index contributed by atoms with van der Waals surface area (Å²) < 4.78 is 54.7. The van der Waals surface area contributed by atoms with Crippen LogP contribution in [-0.2, 0) is 25.8 Å². The van der Waals surface area contributed by atoms with Gasteiger partial charge in [-0.1, -0.05) is 43.7 Å². The fourth-order valence-corrected chi connectivity index (χ4v) is 6.50. The molecule has 2 aromatic rings. The molecule has 3 rings (SSSR count). The van der Waals surface area contributed by atoms with Crippen molar-refractivity contribution >= 4 is 25.7 Å². The van der Waals surface area contributed by atoms with Crippen molar-refractivity contribution in [3.05, 3.63) is 60.2 Å². The summed E-state index contributed by atoms with van der Waals surface area (Å²) in [7, 11) is -7.16. The highest BCUT2D eigenvalue weighted by Crippen LogP contribution is 2.27. The molecular weight excluding hydrogens is 396 g/mol. The largest absolute Gasteiger partial charge is 0.283 e. The van der Waals surface area contributed by atoms with Gasteiger partial charge in [0.25, 0.3) is 0 Å². The lowest BCUT2D eigenvalue weighted by Crippen LogP contribution is -2.43. The van der Waals surface area contributed by atoms with E-state index in [9.17, 15) is 16.8 Å². The van der Waals surface area contributed by atoms with Crippen molar-refractivity contribution < 1.29 is 16.8 Å². The van der Waals surface area contributed by atoms with Gasteiger partial charge in [0.1, 0.15) is 0 Å². The van der Waals surface area contributed by atoms with Gasteiger partial charge >= 0.3 is 0 Å². The van der Waals surface area contributed by atoms with Crippen LogP contribution in [0.1, 0.15) is 38.2 Å². The number of anilines is 1. The standard InChI is InChI=1S/C20H26N2O4S2/c1-2-19-10-6-7-15-22(19)28(25,26)20-13-11-18(12-14-20)21-27(23,24)16-17-8-4-3-5-9-17/h3-5,8-9,11-14,19,21H,2,6-7,10,15-16H2,1H3/t19-/m1/s1. The minimum atomic E-state index is -3.58. The van der Waals surface area contributed by atoms with Gasteiger partial charge in [-0.3, -0.25) is 4.72 Å². The summed E-state index contributed by atoms with van der Waals surface area (Å²) in [6, 6.07) is 14.9. The smallest absolute Gasteiger partial charge is 0.243 e. The monoisotopic (exact) mass is 422 g/mol. The van der Waals surface area contributed by atoms with E-state index < -0.39 is 20.0 Å². The molecule has 6 nitrogen and oxygen atoms in total. The average Bonchev–Trinajstić information content (AvgIpc) is 2.68. The van der Waals surface area contributed by atoms with Crippen molar-refractivity contribution in [1.29, 1.82) is 0 Å². The Balaban J connectivity index is 1.74. The predicted octanol–water partition coefficient (Wildman–Crippen LogP) is 3.58. The number of benzene rings is 2. The molecule has 0 unspecified atom stereocenters. The van der Waals surface area contributed by atoms with Crippen molar-refractivity contribution in [3.8, 4) is 0 Å². The molecule has 1 N–H and O–H groups in total. The molecular formula is C20H26N2O4S2. The molecule has 1 fully saturated rings. The van der Waals surface area contributed by atoms with E-state index in [2.05, 4.69) is 4.72 Å². The third-order valence-electron chi connectivity index (χ3n) is 4.98. The average molecular weight is 423 g/mol. The number of piperidine rings is 1. The zero-order chi connectivity index (χ0) is 20.2. The molecule has 1 atom stereocenters. The minimum absolute atomic E-state index is 0.0304. The number of nitrogens with zero attached hydrogens (tertiary/aromatic N) is 1. The quantitative estimate of drug-likeness (QED) is 0.739. The summed E-state index contributed by atoms with van der Waals surface area (Å²) in [6.45, 7) is 2.54. The molecule has 0 amide bonds. The lowest BCUT2D eigenvalue weighted by molar-refractivity contribution is 0.246. The Hall–Kier alpha value is -1.90. The summed E-state index contributed by atoms with van der Waals surface area (Å²) in [5.74, 6) is -0.139. The van der Waals surface area contributed by atoms with Crippen LogP contribution < -0.4 is 4.72 Å². The van der Waals surface area contributed by atoms with E-state index in [-0.39, 0.29) is 16.7 Å². The molecule has 8 heteroatoms. The van der Waals surface area contributed by atoms with Crippen LogP contribution in [0.25, 0.3) is 0 Å². The molecule has 0 radical (unpaired) electrons. The third kappa shape index (κ3) is 4.92. The molecule has 152 valence electrons. The molecule has 0 spiro atoms. The topological polar surface area (TPSA) is 83.6 Å². The first-order valence-electron chi connectivity index (χ1n) is 9.48. The summed E-state index contributed by atoms with van der Waals surface area (Å²) in [5.41, 5.74) is 1.03. The first-order valence-corrected chi connectivity index (χ1v) is 12.6. The first-order chi connectivity index (χ1) is 13.3. The van der Waals surface area contributed by atoms with Gasteiger partial charge < -0.3 is 0 Å². The van der Waals surface area contributed by atoms with Crippen LogP contribution in [-0.4, -0.2) is 33.7 Å². The van der Waals surface area contributed by atoms with Crippen molar-refractivity contribution in [1.82, 2.24) is 4.31 Å². The number of hydrogen-bond donors (Lipinski definition) is 1. The van der Waals surface area contributed by atoms with Crippen LogP contribution in [0.2, 0.25) is 0 Å². The lowest BCUT2D eigenvalue weighted by atomic mass is 10.0.